The van der Waals surface area contributed by atoms with E-state index in [2.05, 4.69) is 28.1 Å². The van der Waals surface area contributed by atoms with E-state index in [-0.39, 0.29) is 0 Å². The van der Waals surface area contributed by atoms with Gasteiger partial charge in [-0.25, -0.2) is 4.98 Å². The Labute approximate surface area is 154 Å². The highest BCUT2D eigenvalue weighted by Gasteiger charge is 2.36. The van der Waals surface area contributed by atoms with E-state index in [1.54, 1.807) is 13.8 Å². The zero-order valence-corrected chi connectivity index (χ0v) is 15.9. The number of aliphatic hydroxyl groups is 1. The van der Waals surface area contributed by atoms with Gasteiger partial charge in [0.2, 0.25) is 5.95 Å². The second-order valence-electron chi connectivity index (χ2n) is 8.64. The normalized spacial score (nSPS) is 20.8. The molecule has 2 saturated heterocycles. The Bertz CT molecular complexity index is 777. The van der Waals surface area contributed by atoms with Crippen molar-refractivity contribution in [2.75, 3.05) is 36.9 Å². The molecule has 0 amide bonds. The summed E-state index contributed by atoms with van der Waals surface area (Å²) in [4.78, 5) is 6.99. The van der Waals surface area contributed by atoms with Crippen molar-refractivity contribution in [1.82, 2.24) is 9.55 Å². The van der Waals surface area contributed by atoms with Gasteiger partial charge in [-0.2, -0.15) is 0 Å². The number of benzene rings is 1. The lowest BCUT2D eigenvalue weighted by Gasteiger charge is -2.44. The molecule has 0 saturated carbocycles. The average Bonchev–Trinajstić information content (AvgIpc) is 2.90. The number of hydrogen-bond donors (Lipinski definition) is 2. The van der Waals surface area contributed by atoms with Crippen LogP contribution in [0.15, 0.2) is 18.2 Å². The van der Waals surface area contributed by atoms with E-state index in [4.69, 9.17) is 10.5 Å². The fraction of sp³-hybridized carbons (Fsp3) is 0.650. The number of ether oxygens (including phenoxy) is 1. The van der Waals surface area contributed by atoms with E-state index in [1.807, 2.05) is 4.57 Å². The standard InChI is InChI=1S/C20H30N4O2/c1-19(2,25)14-24-17-4-3-15(13-16(17)22-18(24)21)23-9-5-20(6-10-23)7-11-26-12-8-20/h3-4,13,25H,5-12,14H2,1-2H3,(H2,21,22). The van der Waals surface area contributed by atoms with Crippen LogP contribution in [0.1, 0.15) is 39.5 Å². The molecule has 1 aromatic heterocycles. The molecule has 0 unspecified atom stereocenters. The first kappa shape index (κ1) is 17.6. The largest absolute Gasteiger partial charge is 0.389 e. The molecule has 0 bridgehead atoms. The lowest BCUT2D eigenvalue weighted by molar-refractivity contribution is 0.00212. The fourth-order valence-electron chi connectivity index (χ4n) is 4.43. The van der Waals surface area contributed by atoms with E-state index in [1.165, 1.54) is 31.4 Å². The Balaban J connectivity index is 1.53. The first-order chi connectivity index (χ1) is 12.4. The maximum atomic E-state index is 10.1. The Morgan fingerprint density at radius 1 is 1.19 bits per heavy atom. The molecular formula is C20H30N4O2. The van der Waals surface area contributed by atoms with Gasteiger partial charge in [-0.3, -0.25) is 0 Å². The van der Waals surface area contributed by atoms with Gasteiger partial charge in [0.15, 0.2) is 0 Å². The molecule has 0 atom stereocenters. The number of nitrogens with zero attached hydrogens (tertiary/aromatic N) is 3. The summed E-state index contributed by atoms with van der Waals surface area (Å²) < 4.78 is 7.45. The summed E-state index contributed by atoms with van der Waals surface area (Å²) in [5.74, 6) is 0.457. The molecule has 2 fully saturated rings. The van der Waals surface area contributed by atoms with Gasteiger partial charge < -0.3 is 25.0 Å². The summed E-state index contributed by atoms with van der Waals surface area (Å²) >= 11 is 0. The Morgan fingerprint density at radius 3 is 2.54 bits per heavy atom. The molecule has 6 heteroatoms. The number of aromatic nitrogens is 2. The smallest absolute Gasteiger partial charge is 0.201 e. The number of anilines is 2. The minimum absolute atomic E-state index is 0.434. The third-order valence-corrected chi connectivity index (χ3v) is 6.05. The van der Waals surface area contributed by atoms with Crippen LogP contribution in [-0.4, -0.2) is 46.6 Å². The van der Waals surface area contributed by atoms with Crippen molar-refractivity contribution in [2.24, 2.45) is 5.41 Å². The highest BCUT2D eigenvalue weighted by atomic mass is 16.5. The van der Waals surface area contributed by atoms with Gasteiger partial charge in [-0.05, 0) is 63.1 Å². The predicted octanol–water partition coefficient (Wildman–Crippen LogP) is 2.79. The first-order valence-electron chi connectivity index (χ1n) is 9.66. The van der Waals surface area contributed by atoms with Crippen molar-refractivity contribution in [3.05, 3.63) is 18.2 Å². The van der Waals surface area contributed by atoms with Gasteiger partial charge in [-0.1, -0.05) is 0 Å². The lowest BCUT2D eigenvalue weighted by atomic mass is 9.72. The van der Waals surface area contributed by atoms with Crippen LogP contribution in [0.4, 0.5) is 11.6 Å². The van der Waals surface area contributed by atoms with E-state index < -0.39 is 5.60 Å². The van der Waals surface area contributed by atoms with E-state index in [9.17, 15) is 5.11 Å². The SMILES string of the molecule is CC(C)(O)Cn1c(N)nc2cc(N3CCC4(CCOCC4)CC3)ccc21. The molecule has 2 aromatic rings. The minimum Gasteiger partial charge on any atom is -0.389 e. The highest BCUT2D eigenvalue weighted by molar-refractivity contribution is 5.82. The lowest BCUT2D eigenvalue weighted by Crippen LogP contribution is -2.42. The topological polar surface area (TPSA) is 76.5 Å². The fourth-order valence-corrected chi connectivity index (χ4v) is 4.43. The quantitative estimate of drug-likeness (QED) is 0.882. The molecule has 3 N–H and O–H groups in total. The third-order valence-electron chi connectivity index (χ3n) is 6.05. The Hall–Kier alpha value is -1.79. The zero-order valence-electron chi connectivity index (χ0n) is 15.9. The van der Waals surface area contributed by atoms with Gasteiger partial charge >= 0.3 is 0 Å². The van der Waals surface area contributed by atoms with Crippen LogP contribution >= 0.6 is 0 Å². The molecule has 26 heavy (non-hydrogen) atoms. The van der Waals surface area contributed by atoms with Crippen LogP contribution < -0.4 is 10.6 Å². The maximum absolute atomic E-state index is 10.1. The second-order valence-corrected chi connectivity index (χ2v) is 8.64. The van der Waals surface area contributed by atoms with Crippen LogP contribution in [0, 0.1) is 5.41 Å². The number of piperidine rings is 1. The number of rotatable bonds is 3. The van der Waals surface area contributed by atoms with Crippen LogP contribution in [-0.2, 0) is 11.3 Å². The second kappa shape index (κ2) is 6.43. The van der Waals surface area contributed by atoms with E-state index >= 15 is 0 Å². The molecule has 0 aliphatic carbocycles. The predicted molar refractivity (Wildman–Crippen MR) is 104 cm³/mol. The summed E-state index contributed by atoms with van der Waals surface area (Å²) in [6.07, 6.45) is 4.89. The molecular weight excluding hydrogens is 328 g/mol. The van der Waals surface area contributed by atoms with Crippen molar-refractivity contribution < 1.29 is 9.84 Å². The van der Waals surface area contributed by atoms with Crippen LogP contribution in [0.2, 0.25) is 0 Å². The molecule has 2 aliphatic heterocycles. The highest BCUT2D eigenvalue weighted by Crippen LogP contribution is 2.41. The van der Waals surface area contributed by atoms with E-state index in [0.717, 1.165) is 37.3 Å². The molecule has 4 rings (SSSR count). The monoisotopic (exact) mass is 358 g/mol. The van der Waals surface area contributed by atoms with Gasteiger partial charge in [0.25, 0.3) is 0 Å². The van der Waals surface area contributed by atoms with Crippen molar-refractivity contribution in [2.45, 2.75) is 51.7 Å². The number of fused-ring (bicyclic) bond motifs is 1. The van der Waals surface area contributed by atoms with Crippen molar-refractivity contribution in [3.63, 3.8) is 0 Å². The summed E-state index contributed by atoms with van der Waals surface area (Å²) in [6, 6.07) is 6.37. The zero-order chi connectivity index (χ0) is 18.4. The number of imidazole rings is 1. The van der Waals surface area contributed by atoms with Crippen LogP contribution in [0.25, 0.3) is 11.0 Å². The first-order valence-corrected chi connectivity index (χ1v) is 9.66. The van der Waals surface area contributed by atoms with Crippen LogP contribution in [0.5, 0.6) is 0 Å². The number of nitrogen functional groups attached to an aromatic ring is 1. The summed E-state index contributed by atoms with van der Waals surface area (Å²) in [5, 5.41) is 10.1. The Morgan fingerprint density at radius 2 is 1.88 bits per heavy atom. The molecule has 6 nitrogen and oxygen atoms in total. The summed E-state index contributed by atoms with van der Waals surface area (Å²) in [5.41, 5.74) is 8.86. The molecule has 142 valence electrons. The average molecular weight is 358 g/mol. The molecule has 1 spiro atoms. The molecule has 2 aliphatic rings. The van der Waals surface area contributed by atoms with E-state index in [0.29, 0.717) is 17.9 Å². The van der Waals surface area contributed by atoms with Crippen molar-refractivity contribution in [1.29, 1.82) is 0 Å². The molecule has 0 radical (unpaired) electrons. The third kappa shape index (κ3) is 3.40. The van der Waals surface area contributed by atoms with Gasteiger partial charge in [-0.15, -0.1) is 0 Å². The van der Waals surface area contributed by atoms with Gasteiger partial charge in [0, 0.05) is 32.0 Å². The summed E-state index contributed by atoms with van der Waals surface area (Å²) in [6.45, 7) is 8.02. The Kier molecular flexibility index (Phi) is 4.35. The number of nitrogens with two attached hydrogens (primary N) is 1. The van der Waals surface area contributed by atoms with Gasteiger partial charge in [0.05, 0.1) is 23.2 Å². The van der Waals surface area contributed by atoms with Crippen molar-refractivity contribution >= 4 is 22.7 Å². The van der Waals surface area contributed by atoms with Gasteiger partial charge in [0.1, 0.15) is 0 Å². The van der Waals surface area contributed by atoms with Crippen LogP contribution in [0.3, 0.4) is 0 Å². The number of hydrogen-bond acceptors (Lipinski definition) is 5. The minimum atomic E-state index is -0.828. The molecule has 3 heterocycles. The maximum Gasteiger partial charge on any atom is 0.201 e. The van der Waals surface area contributed by atoms with Crippen molar-refractivity contribution in [3.8, 4) is 0 Å². The summed E-state index contributed by atoms with van der Waals surface area (Å²) in [7, 11) is 0. The molecule has 1 aromatic carbocycles.